The average Bonchev–Trinajstić information content (AvgIpc) is 2.92. The van der Waals surface area contributed by atoms with Crippen molar-refractivity contribution in [2.45, 2.75) is 84.2 Å². The van der Waals surface area contributed by atoms with Crippen LogP contribution in [0.2, 0.25) is 0 Å². The van der Waals surface area contributed by atoms with Crippen molar-refractivity contribution in [3.63, 3.8) is 0 Å². The van der Waals surface area contributed by atoms with Crippen LogP contribution in [0.3, 0.4) is 0 Å². The van der Waals surface area contributed by atoms with Crippen molar-refractivity contribution >= 4 is 17.5 Å². The zero-order valence-corrected chi connectivity index (χ0v) is 17.5. The summed E-state index contributed by atoms with van der Waals surface area (Å²) in [5.41, 5.74) is -1.61. The molecule has 0 unspecified atom stereocenters. The van der Waals surface area contributed by atoms with Crippen LogP contribution in [0.25, 0.3) is 0 Å². The first-order chi connectivity index (χ1) is 13.1. The van der Waals surface area contributed by atoms with Gasteiger partial charge in [0.15, 0.2) is 6.61 Å². The fourth-order valence-electron chi connectivity index (χ4n) is 7.81. The van der Waals surface area contributed by atoms with E-state index in [9.17, 15) is 19.5 Å². The number of carbonyl (C=O) groups excluding carboxylic acids is 3. The van der Waals surface area contributed by atoms with Crippen LogP contribution < -0.4 is 0 Å². The number of Topliss-reactive ketones (excluding diaryl/α,β-unsaturated/α-hetero) is 2. The largest absolute Gasteiger partial charge is 0.458 e. The summed E-state index contributed by atoms with van der Waals surface area (Å²) in [6.45, 7) is 5.45. The van der Waals surface area contributed by atoms with Gasteiger partial charge in [0.05, 0.1) is 0 Å². The lowest BCUT2D eigenvalue weighted by Crippen LogP contribution is -2.59. The number of rotatable bonds is 3. The monoisotopic (exact) mass is 390 g/mol. The van der Waals surface area contributed by atoms with Crippen LogP contribution in [0.1, 0.15) is 78.6 Å². The van der Waals surface area contributed by atoms with E-state index in [0.717, 1.165) is 44.9 Å². The van der Waals surface area contributed by atoms with Crippen molar-refractivity contribution in [3.05, 3.63) is 0 Å². The van der Waals surface area contributed by atoms with Crippen LogP contribution in [0.4, 0.5) is 0 Å². The number of ketones is 2. The summed E-state index contributed by atoms with van der Waals surface area (Å²) in [5, 5.41) is 11.5. The van der Waals surface area contributed by atoms with Crippen molar-refractivity contribution in [2.24, 2.45) is 34.5 Å². The third-order valence-corrected chi connectivity index (χ3v) is 9.50. The zero-order chi connectivity index (χ0) is 20.3. The Morgan fingerprint density at radius 2 is 1.79 bits per heavy atom. The third kappa shape index (κ3) is 2.72. The zero-order valence-electron chi connectivity index (χ0n) is 17.5. The Morgan fingerprint density at radius 3 is 2.50 bits per heavy atom. The van der Waals surface area contributed by atoms with Crippen LogP contribution in [-0.2, 0) is 19.1 Å². The predicted octanol–water partition coefficient (Wildman–Crippen LogP) is 3.46. The van der Waals surface area contributed by atoms with Gasteiger partial charge in [-0.25, -0.2) is 0 Å². The lowest BCUT2D eigenvalue weighted by molar-refractivity contribution is -0.175. The molecule has 4 fully saturated rings. The third-order valence-electron chi connectivity index (χ3n) is 9.50. The number of carbonyl (C=O) groups is 3. The van der Waals surface area contributed by atoms with Crippen molar-refractivity contribution in [1.29, 1.82) is 0 Å². The molecule has 4 rings (SSSR count). The average molecular weight is 391 g/mol. The second-order valence-corrected chi connectivity index (χ2v) is 10.5. The number of fused-ring (bicyclic) bond motifs is 5. The molecule has 0 amide bonds. The Balaban J connectivity index is 1.57. The topological polar surface area (TPSA) is 80.7 Å². The van der Waals surface area contributed by atoms with E-state index >= 15 is 0 Å². The first-order valence-corrected chi connectivity index (χ1v) is 11.0. The fourth-order valence-corrected chi connectivity index (χ4v) is 7.81. The van der Waals surface area contributed by atoms with Crippen molar-refractivity contribution < 1.29 is 24.2 Å². The van der Waals surface area contributed by atoms with Gasteiger partial charge in [-0.3, -0.25) is 14.4 Å². The van der Waals surface area contributed by atoms with Crippen molar-refractivity contribution in [2.75, 3.05) is 6.61 Å². The molecule has 0 saturated heterocycles. The second-order valence-electron chi connectivity index (χ2n) is 10.5. The minimum atomic E-state index is -1.39. The van der Waals surface area contributed by atoms with E-state index in [4.69, 9.17) is 4.74 Å². The summed E-state index contributed by atoms with van der Waals surface area (Å²) in [5.74, 6) is 1.53. The summed E-state index contributed by atoms with van der Waals surface area (Å²) in [6, 6.07) is 0. The van der Waals surface area contributed by atoms with Crippen LogP contribution >= 0.6 is 0 Å². The standard InChI is InChI=1S/C23H34O5/c1-14(24)28-13-20(26)23(27)11-8-19-17-5-4-15-12-16(25)6-9-21(15,2)18(17)7-10-22(19,23)3/h15,17-19,27H,4-13H2,1-3H3/t15-,17+,18-,19-,21-,22-,23+/m0/s1. The molecule has 7 atom stereocenters. The van der Waals surface area contributed by atoms with Crippen LogP contribution in [0.5, 0.6) is 0 Å². The molecule has 0 spiro atoms. The maximum absolute atomic E-state index is 12.9. The smallest absolute Gasteiger partial charge is 0.303 e. The quantitative estimate of drug-likeness (QED) is 0.747. The van der Waals surface area contributed by atoms with E-state index in [-0.39, 0.29) is 17.8 Å². The normalized spacial score (nSPS) is 47.6. The maximum Gasteiger partial charge on any atom is 0.303 e. The number of esters is 1. The van der Waals surface area contributed by atoms with E-state index in [0.29, 0.717) is 42.3 Å². The van der Waals surface area contributed by atoms with Gasteiger partial charge in [0.2, 0.25) is 5.78 Å². The van der Waals surface area contributed by atoms with Gasteiger partial charge < -0.3 is 9.84 Å². The van der Waals surface area contributed by atoms with Crippen molar-refractivity contribution in [3.8, 4) is 0 Å². The van der Waals surface area contributed by atoms with Crippen LogP contribution in [-0.4, -0.2) is 34.9 Å². The Labute approximate surface area is 167 Å². The highest BCUT2D eigenvalue weighted by Crippen LogP contribution is 2.68. The lowest BCUT2D eigenvalue weighted by Gasteiger charge is -2.60. The molecular weight excluding hydrogens is 356 g/mol. The first kappa shape index (κ1) is 20.1. The van der Waals surface area contributed by atoms with Gasteiger partial charge in [-0.2, -0.15) is 0 Å². The number of ether oxygens (including phenoxy) is 1. The Hall–Kier alpha value is -1.23. The Kier molecular flexibility index (Phi) is 4.76. The summed E-state index contributed by atoms with van der Waals surface area (Å²) in [7, 11) is 0. The molecule has 0 heterocycles. The SMILES string of the molecule is CC(=O)OCC(=O)[C@]1(O)CC[C@H]2[C@@H]3CC[C@H]4CC(=O)CC[C@]4(C)[C@H]3CC[C@@]21C. The molecule has 0 aliphatic heterocycles. The number of hydrogen-bond acceptors (Lipinski definition) is 5. The maximum atomic E-state index is 12.9. The highest BCUT2D eigenvalue weighted by atomic mass is 16.5. The Bertz CT molecular complexity index is 701. The van der Waals surface area contributed by atoms with E-state index in [1.54, 1.807) is 0 Å². The molecule has 1 N–H and O–H groups in total. The molecule has 4 aliphatic carbocycles. The fraction of sp³-hybridized carbons (Fsp3) is 0.870. The summed E-state index contributed by atoms with van der Waals surface area (Å²) in [6.07, 6.45) is 7.82. The molecule has 28 heavy (non-hydrogen) atoms. The van der Waals surface area contributed by atoms with Gasteiger partial charge >= 0.3 is 5.97 Å². The second kappa shape index (κ2) is 6.65. The lowest BCUT2D eigenvalue weighted by atomic mass is 9.44. The number of hydrogen-bond donors (Lipinski definition) is 1. The molecule has 5 nitrogen and oxygen atoms in total. The molecule has 4 aliphatic rings. The van der Waals surface area contributed by atoms with Gasteiger partial charge in [-0.05, 0) is 74.0 Å². The van der Waals surface area contributed by atoms with Crippen LogP contribution in [0, 0.1) is 34.5 Å². The molecule has 0 aromatic carbocycles. The summed E-state index contributed by atoms with van der Waals surface area (Å²) < 4.78 is 4.93. The van der Waals surface area contributed by atoms with Gasteiger partial charge in [0, 0.05) is 25.2 Å². The molecular formula is C23H34O5. The molecule has 0 bridgehead atoms. The van der Waals surface area contributed by atoms with Gasteiger partial charge in [-0.15, -0.1) is 0 Å². The van der Waals surface area contributed by atoms with Gasteiger partial charge in [0.1, 0.15) is 11.4 Å². The molecule has 4 saturated carbocycles. The van der Waals surface area contributed by atoms with Crippen LogP contribution in [0.15, 0.2) is 0 Å². The predicted molar refractivity (Wildman–Crippen MR) is 103 cm³/mol. The summed E-state index contributed by atoms with van der Waals surface area (Å²) >= 11 is 0. The first-order valence-electron chi connectivity index (χ1n) is 11.0. The molecule has 5 heteroatoms. The highest BCUT2D eigenvalue weighted by Gasteiger charge is 2.66. The Morgan fingerprint density at radius 1 is 1.07 bits per heavy atom. The minimum Gasteiger partial charge on any atom is -0.458 e. The molecule has 0 radical (unpaired) electrons. The molecule has 0 aromatic rings. The van der Waals surface area contributed by atoms with E-state index in [1.165, 1.54) is 6.92 Å². The highest BCUT2D eigenvalue weighted by molar-refractivity contribution is 5.91. The van der Waals surface area contributed by atoms with Crippen molar-refractivity contribution in [1.82, 2.24) is 0 Å². The molecule has 0 aromatic heterocycles. The van der Waals surface area contributed by atoms with E-state index in [2.05, 4.69) is 13.8 Å². The van der Waals surface area contributed by atoms with E-state index in [1.807, 2.05) is 0 Å². The summed E-state index contributed by atoms with van der Waals surface area (Å²) in [4.78, 5) is 36.0. The van der Waals surface area contributed by atoms with E-state index < -0.39 is 17.0 Å². The number of aliphatic hydroxyl groups is 1. The van der Waals surface area contributed by atoms with Gasteiger partial charge in [0.25, 0.3) is 0 Å². The molecule has 156 valence electrons. The van der Waals surface area contributed by atoms with Gasteiger partial charge in [-0.1, -0.05) is 13.8 Å². The minimum absolute atomic E-state index is 0.223.